The first kappa shape index (κ1) is 27.8. The molecule has 2 amide bonds. The van der Waals surface area contributed by atoms with E-state index in [1.807, 2.05) is 30.3 Å². The summed E-state index contributed by atoms with van der Waals surface area (Å²) < 4.78 is 23.7. The maximum Gasteiger partial charge on any atom is 0.374 e. The summed E-state index contributed by atoms with van der Waals surface area (Å²) in [4.78, 5) is 41.4. The van der Waals surface area contributed by atoms with Crippen molar-refractivity contribution < 1.29 is 27.9 Å². The molecule has 1 unspecified atom stereocenters. The predicted molar refractivity (Wildman–Crippen MR) is 149 cm³/mol. The number of carbonyl (C=O) groups excluding carboxylic acids is 3. The van der Waals surface area contributed by atoms with E-state index in [1.54, 1.807) is 36.1 Å². The molecule has 2 aliphatic rings. The highest BCUT2D eigenvalue weighted by Gasteiger charge is 2.44. The SMILES string of the molecule is CCOC(=O)c1cc2cc(NC(=O)[C@@H]3[C@@H](c4ccccc4)CCN3C(=O)C3CCC(C(N)CF)CC3)ccc2o1. The molecular weight excluding hydrogens is 513 g/mol. The van der Waals surface area contributed by atoms with E-state index in [4.69, 9.17) is 14.9 Å². The second-order valence-electron chi connectivity index (χ2n) is 10.8. The van der Waals surface area contributed by atoms with Gasteiger partial charge in [-0.1, -0.05) is 30.3 Å². The number of fused-ring (bicyclic) bond motifs is 1. The van der Waals surface area contributed by atoms with Crippen molar-refractivity contribution in [1.82, 2.24) is 4.90 Å². The van der Waals surface area contributed by atoms with Gasteiger partial charge < -0.3 is 25.1 Å². The summed E-state index contributed by atoms with van der Waals surface area (Å²) in [6, 6.07) is 15.4. The monoisotopic (exact) mass is 549 g/mol. The molecule has 0 spiro atoms. The zero-order valence-corrected chi connectivity index (χ0v) is 22.7. The van der Waals surface area contributed by atoms with Crippen LogP contribution in [0.4, 0.5) is 10.1 Å². The van der Waals surface area contributed by atoms with Crippen LogP contribution in [-0.4, -0.2) is 54.6 Å². The van der Waals surface area contributed by atoms with E-state index in [1.165, 1.54) is 0 Å². The second kappa shape index (κ2) is 12.2. The summed E-state index contributed by atoms with van der Waals surface area (Å²) in [7, 11) is 0. The van der Waals surface area contributed by atoms with Crippen molar-refractivity contribution in [2.45, 2.75) is 57.0 Å². The summed E-state index contributed by atoms with van der Waals surface area (Å²) >= 11 is 0. The van der Waals surface area contributed by atoms with Crippen molar-refractivity contribution in [3.8, 4) is 0 Å². The zero-order valence-electron chi connectivity index (χ0n) is 22.7. The number of rotatable bonds is 8. The highest BCUT2D eigenvalue weighted by Crippen LogP contribution is 2.38. The summed E-state index contributed by atoms with van der Waals surface area (Å²) in [6.45, 7) is 1.90. The van der Waals surface area contributed by atoms with E-state index in [2.05, 4.69) is 5.32 Å². The van der Waals surface area contributed by atoms with E-state index in [0.29, 0.717) is 55.3 Å². The van der Waals surface area contributed by atoms with Gasteiger partial charge >= 0.3 is 5.97 Å². The molecule has 3 N–H and O–H groups in total. The lowest BCUT2D eigenvalue weighted by molar-refractivity contribution is -0.141. The van der Waals surface area contributed by atoms with E-state index < -0.39 is 24.7 Å². The molecule has 1 saturated heterocycles. The van der Waals surface area contributed by atoms with E-state index in [0.717, 1.165) is 5.56 Å². The number of ether oxygens (including phenoxy) is 1. The fourth-order valence-electron chi connectivity index (χ4n) is 6.21. The molecule has 3 aromatic rings. The number of likely N-dealkylation sites (tertiary alicyclic amines) is 1. The fourth-order valence-corrected chi connectivity index (χ4v) is 6.21. The number of nitrogens with zero attached hydrogens (tertiary/aromatic N) is 1. The maximum atomic E-state index is 13.9. The molecule has 2 fully saturated rings. The Hall–Kier alpha value is -3.72. The molecule has 1 aliphatic carbocycles. The standard InChI is InChI=1S/C31H36FN3O5/c1-2-39-31(38)27-17-22-16-23(12-13-26(22)40-27)34-29(36)28-24(19-6-4-3-5-7-19)14-15-35(28)30(37)21-10-8-20(9-11-21)25(33)18-32/h3-7,12-13,16-17,20-21,24-25,28H,2,8-11,14-15,18,33H2,1H3,(H,34,36)/t20?,21?,24-,25?,28+/m1/s1. The highest BCUT2D eigenvalue weighted by molar-refractivity contribution is 6.00. The molecule has 0 bridgehead atoms. The molecule has 40 heavy (non-hydrogen) atoms. The number of hydrogen-bond donors (Lipinski definition) is 2. The topological polar surface area (TPSA) is 115 Å². The van der Waals surface area contributed by atoms with Crippen LogP contribution in [0.2, 0.25) is 0 Å². The zero-order chi connectivity index (χ0) is 28.2. The lowest BCUT2D eigenvalue weighted by Gasteiger charge is -2.35. The van der Waals surface area contributed by atoms with Crippen LogP contribution in [0.15, 0.2) is 59.0 Å². The molecule has 9 heteroatoms. The average Bonchev–Trinajstić information content (AvgIpc) is 3.62. The van der Waals surface area contributed by atoms with Crippen molar-refractivity contribution in [3.63, 3.8) is 0 Å². The van der Waals surface area contributed by atoms with E-state index >= 15 is 0 Å². The minimum absolute atomic E-state index is 0.0183. The predicted octanol–water partition coefficient (Wildman–Crippen LogP) is 5.04. The number of benzene rings is 2. The van der Waals surface area contributed by atoms with Crippen LogP contribution < -0.4 is 11.1 Å². The first-order chi connectivity index (χ1) is 19.4. The van der Waals surface area contributed by atoms with Crippen LogP contribution in [0, 0.1) is 11.8 Å². The summed E-state index contributed by atoms with van der Waals surface area (Å²) in [5.41, 5.74) is 7.98. The van der Waals surface area contributed by atoms with Crippen molar-refractivity contribution in [2.75, 3.05) is 25.1 Å². The van der Waals surface area contributed by atoms with Crippen molar-refractivity contribution >= 4 is 34.4 Å². The number of halogens is 1. The smallest absolute Gasteiger partial charge is 0.374 e. The van der Waals surface area contributed by atoms with Gasteiger partial charge in [-0.2, -0.15) is 0 Å². The molecule has 5 rings (SSSR count). The Labute approximate surface area is 233 Å². The molecule has 2 aromatic carbocycles. The van der Waals surface area contributed by atoms with Gasteiger partial charge in [-0.25, -0.2) is 9.18 Å². The van der Waals surface area contributed by atoms with Crippen molar-refractivity contribution in [3.05, 3.63) is 65.9 Å². The van der Waals surface area contributed by atoms with Crippen LogP contribution in [0.3, 0.4) is 0 Å². The van der Waals surface area contributed by atoms with Gasteiger partial charge in [0.15, 0.2) is 0 Å². The van der Waals surface area contributed by atoms with E-state index in [9.17, 15) is 18.8 Å². The van der Waals surface area contributed by atoms with Crippen LogP contribution in [0.1, 0.15) is 61.1 Å². The van der Waals surface area contributed by atoms with Gasteiger partial charge in [0.25, 0.3) is 0 Å². The Morgan fingerprint density at radius 2 is 1.82 bits per heavy atom. The quantitative estimate of drug-likeness (QED) is 0.381. The molecule has 3 atom stereocenters. The number of nitrogens with two attached hydrogens (primary N) is 1. The molecule has 1 aromatic heterocycles. The Kier molecular flexibility index (Phi) is 8.49. The van der Waals surface area contributed by atoms with Crippen molar-refractivity contribution in [1.29, 1.82) is 0 Å². The first-order valence-electron chi connectivity index (χ1n) is 14.1. The number of nitrogens with one attached hydrogen (secondary N) is 1. The highest BCUT2D eigenvalue weighted by atomic mass is 19.1. The van der Waals surface area contributed by atoms with Crippen LogP contribution >= 0.6 is 0 Å². The average molecular weight is 550 g/mol. The van der Waals surface area contributed by atoms with Gasteiger partial charge in [0.2, 0.25) is 17.6 Å². The van der Waals surface area contributed by atoms with Gasteiger partial charge in [-0.15, -0.1) is 0 Å². The van der Waals surface area contributed by atoms with Gasteiger partial charge in [-0.05, 0) is 74.8 Å². The maximum absolute atomic E-state index is 13.9. The number of carbonyl (C=O) groups is 3. The van der Waals surface area contributed by atoms with Crippen LogP contribution in [-0.2, 0) is 14.3 Å². The molecular formula is C31H36FN3O5. The van der Waals surface area contributed by atoms with Gasteiger partial charge in [0, 0.05) is 35.5 Å². The van der Waals surface area contributed by atoms with E-state index in [-0.39, 0.29) is 41.9 Å². The summed E-state index contributed by atoms with van der Waals surface area (Å²) in [6.07, 6.45) is 3.41. The number of amides is 2. The van der Waals surface area contributed by atoms with Gasteiger partial charge in [0.05, 0.1) is 6.61 Å². The Morgan fingerprint density at radius 3 is 2.52 bits per heavy atom. The fraction of sp³-hybridized carbons (Fsp3) is 0.452. The third kappa shape index (κ3) is 5.75. The number of alkyl halides is 1. The lowest BCUT2D eigenvalue weighted by Crippen LogP contribution is -2.48. The normalized spacial score (nSPS) is 23.6. The number of anilines is 1. The number of furan rings is 1. The molecule has 0 radical (unpaired) electrons. The lowest BCUT2D eigenvalue weighted by atomic mass is 9.78. The summed E-state index contributed by atoms with van der Waals surface area (Å²) in [5.74, 6) is -0.983. The van der Waals surface area contributed by atoms with Crippen molar-refractivity contribution in [2.24, 2.45) is 17.6 Å². The number of hydrogen-bond acceptors (Lipinski definition) is 6. The minimum atomic E-state index is -0.670. The third-order valence-corrected chi connectivity index (χ3v) is 8.34. The Morgan fingerprint density at radius 1 is 1.07 bits per heavy atom. The van der Waals surface area contributed by atoms with Gasteiger partial charge in [-0.3, -0.25) is 9.59 Å². The molecule has 212 valence electrons. The third-order valence-electron chi connectivity index (χ3n) is 8.34. The molecule has 1 saturated carbocycles. The minimum Gasteiger partial charge on any atom is -0.460 e. The summed E-state index contributed by atoms with van der Waals surface area (Å²) in [5, 5.41) is 3.66. The largest absolute Gasteiger partial charge is 0.460 e. The molecule has 1 aliphatic heterocycles. The van der Waals surface area contributed by atoms with Crippen LogP contribution in [0.25, 0.3) is 11.0 Å². The molecule has 8 nitrogen and oxygen atoms in total. The second-order valence-corrected chi connectivity index (χ2v) is 10.8. The van der Waals surface area contributed by atoms with Gasteiger partial charge in [0.1, 0.15) is 18.3 Å². The Bertz CT molecular complexity index is 1350. The van der Waals surface area contributed by atoms with Crippen LogP contribution in [0.5, 0.6) is 0 Å². The Balaban J connectivity index is 1.36. The molecule has 2 heterocycles. The number of esters is 1. The first-order valence-corrected chi connectivity index (χ1v) is 14.1.